The summed E-state index contributed by atoms with van der Waals surface area (Å²) in [5, 5.41) is 1.10. The van der Waals surface area contributed by atoms with Crippen molar-refractivity contribution in [3.63, 3.8) is 0 Å². The standard InChI is InChI=1S/C38H29N3O/c1-24-10-8-15-25-18-19-28(22-31(24)25)29-20-21-33-32(23-29)35-30(16-9-17-34(35)42-33)38-40-36(26-11-4-2-5-12-26)39-37(41-38)27-13-6-3-7-14-27/h2-8,11-16,18-24H,9-10,17H2,1H3. The quantitative estimate of drug-likeness (QED) is 0.222. The van der Waals surface area contributed by atoms with Gasteiger partial charge in [-0.15, -0.1) is 0 Å². The van der Waals surface area contributed by atoms with Gasteiger partial charge in [-0.05, 0) is 53.1 Å². The lowest BCUT2D eigenvalue weighted by Crippen LogP contribution is -2.06. The van der Waals surface area contributed by atoms with Gasteiger partial charge in [0.1, 0.15) is 11.3 Å². The average Bonchev–Trinajstić information content (AvgIpc) is 3.44. The van der Waals surface area contributed by atoms with Gasteiger partial charge in [0.2, 0.25) is 0 Å². The van der Waals surface area contributed by atoms with Gasteiger partial charge in [0, 0.05) is 34.1 Å². The monoisotopic (exact) mass is 543 g/mol. The van der Waals surface area contributed by atoms with Crippen LogP contribution in [0.1, 0.15) is 54.0 Å². The highest BCUT2D eigenvalue weighted by Crippen LogP contribution is 2.41. The summed E-state index contributed by atoms with van der Waals surface area (Å²) >= 11 is 0. The third kappa shape index (κ3) is 4.27. The second kappa shape index (κ2) is 10.1. The van der Waals surface area contributed by atoms with Gasteiger partial charge < -0.3 is 4.42 Å². The number of aryl methyl sites for hydroxylation is 1. The largest absolute Gasteiger partial charge is 0.460 e. The molecule has 0 saturated carbocycles. The first kappa shape index (κ1) is 24.7. The van der Waals surface area contributed by atoms with Crippen LogP contribution in [0.2, 0.25) is 0 Å². The maximum atomic E-state index is 6.45. The van der Waals surface area contributed by atoms with E-state index in [4.69, 9.17) is 19.4 Å². The van der Waals surface area contributed by atoms with E-state index in [1.54, 1.807) is 0 Å². The molecular formula is C38H29N3O. The van der Waals surface area contributed by atoms with Crippen LogP contribution in [-0.4, -0.2) is 15.0 Å². The van der Waals surface area contributed by atoms with E-state index in [1.807, 2.05) is 60.7 Å². The smallest absolute Gasteiger partial charge is 0.164 e. The van der Waals surface area contributed by atoms with Gasteiger partial charge in [0.15, 0.2) is 17.5 Å². The molecule has 0 fully saturated rings. The van der Waals surface area contributed by atoms with Crippen molar-refractivity contribution < 1.29 is 4.42 Å². The SMILES string of the molecule is CC1CC=Cc2ccc(-c3ccc4oc5c(c4c3)C(c3nc(-c4ccccc4)nc(-c4ccccc4)n3)=CCC5)cc21. The zero-order chi connectivity index (χ0) is 28.0. The Morgan fingerprint density at radius 2 is 1.36 bits per heavy atom. The van der Waals surface area contributed by atoms with E-state index in [0.717, 1.165) is 58.3 Å². The van der Waals surface area contributed by atoms with Gasteiger partial charge in [0.05, 0.1) is 0 Å². The van der Waals surface area contributed by atoms with Crippen LogP contribution in [0.4, 0.5) is 0 Å². The minimum atomic E-state index is 0.520. The molecule has 2 aromatic heterocycles. The zero-order valence-electron chi connectivity index (χ0n) is 23.4. The molecule has 0 N–H and O–H groups in total. The third-order valence-electron chi connectivity index (χ3n) is 8.43. The number of furan rings is 1. The van der Waals surface area contributed by atoms with Gasteiger partial charge in [0.25, 0.3) is 0 Å². The molecule has 4 heteroatoms. The fourth-order valence-electron chi connectivity index (χ4n) is 6.24. The lowest BCUT2D eigenvalue weighted by Gasteiger charge is -2.19. The Labute approximate surface area is 245 Å². The molecule has 1 atom stereocenters. The molecule has 2 heterocycles. The van der Waals surface area contributed by atoms with Crippen molar-refractivity contribution in [2.45, 2.75) is 32.1 Å². The number of benzene rings is 4. The molecule has 4 nitrogen and oxygen atoms in total. The second-order valence-corrected chi connectivity index (χ2v) is 11.2. The predicted molar refractivity (Wildman–Crippen MR) is 170 cm³/mol. The topological polar surface area (TPSA) is 51.8 Å². The van der Waals surface area contributed by atoms with Crippen molar-refractivity contribution in [1.82, 2.24) is 15.0 Å². The summed E-state index contributed by atoms with van der Waals surface area (Å²) in [6.45, 7) is 2.31. The van der Waals surface area contributed by atoms with Crippen LogP contribution in [0, 0.1) is 0 Å². The zero-order valence-corrected chi connectivity index (χ0v) is 23.4. The molecule has 42 heavy (non-hydrogen) atoms. The number of fused-ring (bicyclic) bond motifs is 4. The van der Waals surface area contributed by atoms with Crippen LogP contribution < -0.4 is 0 Å². The highest BCUT2D eigenvalue weighted by atomic mass is 16.3. The van der Waals surface area contributed by atoms with Gasteiger partial charge in [-0.25, -0.2) is 15.0 Å². The minimum absolute atomic E-state index is 0.520. The fourth-order valence-corrected chi connectivity index (χ4v) is 6.24. The maximum absolute atomic E-state index is 6.45. The summed E-state index contributed by atoms with van der Waals surface area (Å²) in [6, 6.07) is 33.7. The predicted octanol–water partition coefficient (Wildman–Crippen LogP) is 9.52. The van der Waals surface area contributed by atoms with Crippen LogP contribution in [0.15, 0.2) is 114 Å². The number of aromatic nitrogens is 3. The number of hydrogen-bond acceptors (Lipinski definition) is 4. The summed E-state index contributed by atoms with van der Waals surface area (Å²) in [7, 11) is 0. The molecule has 202 valence electrons. The van der Waals surface area contributed by atoms with E-state index in [2.05, 4.69) is 61.5 Å². The molecular weight excluding hydrogens is 514 g/mol. The number of allylic oxidation sites excluding steroid dienone is 2. The highest BCUT2D eigenvalue weighted by molar-refractivity contribution is 5.99. The lowest BCUT2D eigenvalue weighted by molar-refractivity contribution is 0.545. The van der Waals surface area contributed by atoms with Crippen molar-refractivity contribution in [3.8, 4) is 33.9 Å². The first-order valence-corrected chi connectivity index (χ1v) is 14.7. The molecule has 0 saturated heterocycles. The number of hydrogen-bond donors (Lipinski definition) is 0. The Hall–Kier alpha value is -5.09. The first-order chi connectivity index (χ1) is 20.7. The molecule has 0 bridgehead atoms. The van der Waals surface area contributed by atoms with Crippen LogP contribution in [0.25, 0.3) is 56.5 Å². The van der Waals surface area contributed by atoms with E-state index < -0.39 is 0 Å². The summed E-state index contributed by atoms with van der Waals surface area (Å²) in [5.41, 5.74) is 10.1. The van der Waals surface area contributed by atoms with Crippen molar-refractivity contribution in [2.75, 3.05) is 0 Å². The molecule has 2 aliphatic rings. The fraction of sp³-hybridized carbons (Fsp3) is 0.132. The van der Waals surface area contributed by atoms with Crippen molar-refractivity contribution in [3.05, 3.63) is 137 Å². The summed E-state index contributed by atoms with van der Waals surface area (Å²) in [5.74, 6) is 3.51. The van der Waals surface area contributed by atoms with Gasteiger partial charge in [-0.1, -0.05) is 110 Å². The minimum Gasteiger partial charge on any atom is -0.460 e. The molecule has 2 aliphatic carbocycles. The van der Waals surface area contributed by atoms with E-state index in [-0.39, 0.29) is 0 Å². The molecule has 0 amide bonds. The molecule has 6 aromatic rings. The Morgan fingerprint density at radius 3 is 2.10 bits per heavy atom. The molecule has 4 aromatic carbocycles. The summed E-state index contributed by atoms with van der Waals surface area (Å²) in [4.78, 5) is 15.0. The molecule has 0 aliphatic heterocycles. The van der Waals surface area contributed by atoms with E-state index in [1.165, 1.54) is 22.3 Å². The molecule has 0 spiro atoms. The Bertz CT molecular complexity index is 1960. The van der Waals surface area contributed by atoms with Gasteiger partial charge >= 0.3 is 0 Å². The number of nitrogens with zero attached hydrogens (tertiary/aromatic N) is 3. The van der Waals surface area contributed by atoms with E-state index in [9.17, 15) is 0 Å². The normalized spacial score (nSPS) is 15.7. The summed E-state index contributed by atoms with van der Waals surface area (Å²) < 4.78 is 6.45. The second-order valence-electron chi connectivity index (χ2n) is 11.2. The van der Waals surface area contributed by atoms with E-state index >= 15 is 0 Å². The first-order valence-electron chi connectivity index (χ1n) is 14.7. The van der Waals surface area contributed by atoms with Crippen molar-refractivity contribution >= 4 is 22.6 Å². The van der Waals surface area contributed by atoms with Crippen LogP contribution in [-0.2, 0) is 6.42 Å². The maximum Gasteiger partial charge on any atom is 0.164 e. The molecule has 0 radical (unpaired) electrons. The number of rotatable bonds is 4. The van der Waals surface area contributed by atoms with Crippen molar-refractivity contribution in [1.29, 1.82) is 0 Å². The van der Waals surface area contributed by atoms with Gasteiger partial charge in [-0.3, -0.25) is 0 Å². The van der Waals surface area contributed by atoms with Crippen LogP contribution in [0.5, 0.6) is 0 Å². The Balaban J connectivity index is 1.28. The molecule has 8 rings (SSSR count). The van der Waals surface area contributed by atoms with Crippen LogP contribution >= 0.6 is 0 Å². The van der Waals surface area contributed by atoms with Gasteiger partial charge in [-0.2, -0.15) is 0 Å². The average molecular weight is 544 g/mol. The van der Waals surface area contributed by atoms with Crippen LogP contribution in [0.3, 0.4) is 0 Å². The van der Waals surface area contributed by atoms with Crippen molar-refractivity contribution in [2.24, 2.45) is 0 Å². The Kier molecular flexibility index (Phi) is 5.92. The lowest BCUT2D eigenvalue weighted by atomic mass is 9.86. The Morgan fingerprint density at radius 1 is 0.690 bits per heavy atom. The molecule has 1 unspecified atom stereocenters. The summed E-state index contributed by atoms with van der Waals surface area (Å²) in [6.07, 6.45) is 9.59. The van der Waals surface area contributed by atoms with E-state index in [0.29, 0.717) is 23.4 Å². The highest BCUT2D eigenvalue weighted by Gasteiger charge is 2.25. The third-order valence-corrected chi connectivity index (χ3v) is 8.43.